The smallest absolute Gasteiger partial charge is 0.256 e. The molecule has 0 saturated heterocycles. The third-order valence-corrected chi connectivity index (χ3v) is 8.76. The van der Waals surface area contributed by atoms with Crippen molar-refractivity contribution in [3.05, 3.63) is 124 Å². The zero-order chi connectivity index (χ0) is 36.4. The van der Waals surface area contributed by atoms with Crippen LogP contribution in [0, 0.1) is 11.2 Å². The van der Waals surface area contributed by atoms with Crippen LogP contribution in [0.15, 0.2) is 91.0 Å². The SMILES string of the molecule is COc1c(OCCCNCCc2ccccc2)cccc1[C@@H]1O[C@@H](CC(=O)NCc2ccccc2F)C(=O)N(CC(C)(C)C)c2ccc(Cl)cc21. The van der Waals surface area contributed by atoms with Gasteiger partial charge in [0.05, 0.1) is 20.1 Å². The fraction of sp³-hybridized carbons (Fsp3) is 0.366. The molecule has 5 rings (SSSR count). The van der Waals surface area contributed by atoms with Crippen molar-refractivity contribution in [2.45, 2.75) is 58.8 Å². The Bertz CT molecular complexity index is 1780. The number of carbonyl (C=O) groups excluding carboxylic acids is 2. The molecule has 0 radical (unpaired) electrons. The topological polar surface area (TPSA) is 89.1 Å². The summed E-state index contributed by atoms with van der Waals surface area (Å²) in [5.74, 6) is -0.228. The van der Waals surface area contributed by atoms with Crippen LogP contribution in [-0.4, -0.2) is 51.3 Å². The Labute approximate surface area is 305 Å². The highest BCUT2D eigenvalue weighted by Gasteiger charge is 2.40. The van der Waals surface area contributed by atoms with Crippen molar-refractivity contribution in [2.75, 3.05) is 38.3 Å². The van der Waals surface area contributed by atoms with Crippen LogP contribution in [0.25, 0.3) is 0 Å². The number of carbonyl (C=O) groups is 2. The molecule has 270 valence electrons. The Morgan fingerprint density at radius 2 is 1.73 bits per heavy atom. The molecule has 2 amide bonds. The van der Waals surface area contributed by atoms with Crippen molar-refractivity contribution in [3.8, 4) is 11.5 Å². The summed E-state index contributed by atoms with van der Waals surface area (Å²) >= 11 is 6.58. The van der Waals surface area contributed by atoms with E-state index in [1.165, 1.54) is 11.6 Å². The number of methoxy groups -OCH3 is 1. The van der Waals surface area contributed by atoms with Gasteiger partial charge < -0.3 is 29.7 Å². The molecule has 0 fully saturated rings. The third kappa shape index (κ3) is 10.3. The zero-order valence-corrected chi connectivity index (χ0v) is 30.5. The van der Waals surface area contributed by atoms with E-state index >= 15 is 0 Å². The Balaban J connectivity index is 1.38. The average molecular weight is 716 g/mol. The molecule has 4 aromatic carbocycles. The molecule has 0 spiro atoms. The minimum atomic E-state index is -1.17. The van der Waals surface area contributed by atoms with Crippen molar-refractivity contribution >= 4 is 29.1 Å². The van der Waals surface area contributed by atoms with Gasteiger partial charge >= 0.3 is 0 Å². The molecule has 0 bridgehead atoms. The van der Waals surface area contributed by atoms with E-state index in [-0.39, 0.29) is 24.3 Å². The van der Waals surface area contributed by atoms with E-state index in [0.29, 0.717) is 52.1 Å². The van der Waals surface area contributed by atoms with Gasteiger partial charge in [-0.15, -0.1) is 0 Å². The van der Waals surface area contributed by atoms with Crippen LogP contribution in [-0.2, 0) is 27.3 Å². The molecular weight excluding hydrogens is 669 g/mol. The molecule has 0 saturated carbocycles. The molecule has 1 aliphatic heterocycles. The Kier molecular flexibility index (Phi) is 13.1. The number of hydrogen-bond acceptors (Lipinski definition) is 6. The second kappa shape index (κ2) is 17.7. The van der Waals surface area contributed by atoms with Crippen LogP contribution < -0.4 is 25.0 Å². The molecule has 2 N–H and O–H groups in total. The summed E-state index contributed by atoms with van der Waals surface area (Å²) in [5, 5.41) is 6.70. The van der Waals surface area contributed by atoms with E-state index in [0.717, 1.165) is 25.9 Å². The second-order valence-electron chi connectivity index (χ2n) is 13.8. The highest BCUT2D eigenvalue weighted by atomic mass is 35.5. The van der Waals surface area contributed by atoms with Crippen molar-refractivity contribution in [3.63, 3.8) is 0 Å². The number of amides is 2. The number of hydrogen-bond donors (Lipinski definition) is 2. The maximum absolute atomic E-state index is 14.3. The predicted octanol–water partition coefficient (Wildman–Crippen LogP) is 7.66. The molecule has 2 atom stereocenters. The fourth-order valence-corrected chi connectivity index (χ4v) is 6.29. The number of rotatable bonds is 15. The molecule has 1 aliphatic rings. The number of benzene rings is 4. The molecule has 0 unspecified atom stereocenters. The normalized spacial score (nSPS) is 16.0. The molecule has 0 aliphatic carbocycles. The number of anilines is 1. The molecule has 4 aromatic rings. The van der Waals surface area contributed by atoms with Gasteiger partial charge in [0.15, 0.2) is 11.5 Å². The molecule has 0 aromatic heterocycles. The maximum Gasteiger partial charge on any atom is 0.256 e. The summed E-state index contributed by atoms with van der Waals surface area (Å²) in [6.07, 6.45) is -0.549. The van der Waals surface area contributed by atoms with Crippen molar-refractivity contribution in [2.24, 2.45) is 5.41 Å². The molecule has 8 nitrogen and oxygen atoms in total. The lowest BCUT2D eigenvalue weighted by Gasteiger charge is -2.31. The predicted molar refractivity (Wildman–Crippen MR) is 199 cm³/mol. The number of nitrogens with one attached hydrogen (secondary N) is 2. The zero-order valence-electron chi connectivity index (χ0n) is 29.7. The Hall–Kier alpha value is -4.44. The van der Waals surface area contributed by atoms with Crippen LogP contribution in [0.1, 0.15) is 62.0 Å². The van der Waals surface area contributed by atoms with Gasteiger partial charge in [-0.05, 0) is 67.2 Å². The number of nitrogens with zero attached hydrogens (tertiary/aromatic N) is 1. The van der Waals surface area contributed by atoms with Gasteiger partial charge in [-0.2, -0.15) is 0 Å². The lowest BCUT2D eigenvalue weighted by Crippen LogP contribution is -2.45. The first-order valence-electron chi connectivity index (χ1n) is 17.3. The molecule has 10 heteroatoms. The van der Waals surface area contributed by atoms with E-state index in [9.17, 15) is 14.0 Å². The first kappa shape index (κ1) is 37.8. The highest BCUT2D eigenvalue weighted by molar-refractivity contribution is 6.30. The van der Waals surface area contributed by atoms with E-state index in [2.05, 4.69) is 22.8 Å². The number of para-hydroxylation sites is 1. The minimum Gasteiger partial charge on any atom is -0.492 e. The van der Waals surface area contributed by atoms with Gasteiger partial charge in [0.2, 0.25) is 5.91 Å². The van der Waals surface area contributed by atoms with E-state index < -0.39 is 23.9 Å². The molecule has 51 heavy (non-hydrogen) atoms. The Morgan fingerprint density at radius 3 is 2.47 bits per heavy atom. The quantitative estimate of drug-likeness (QED) is 0.123. The van der Waals surface area contributed by atoms with Crippen LogP contribution in [0.5, 0.6) is 11.5 Å². The van der Waals surface area contributed by atoms with Gasteiger partial charge in [-0.1, -0.05) is 93.0 Å². The largest absolute Gasteiger partial charge is 0.492 e. The number of halogens is 2. The minimum absolute atomic E-state index is 0.0207. The van der Waals surface area contributed by atoms with Gasteiger partial charge in [0, 0.05) is 40.5 Å². The number of fused-ring (bicyclic) bond motifs is 1. The summed E-state index contributed by atoms with van der Waals surface area (Å²) in [6, 6.07) is 27.5. The van der Waals surface area contributed by atoms with Crippen LogP contribution in [0.3, 0.4) is 0 Å². The molecular formula is C41H47ClFN3O5. The summed E-state index contributed by atoms with van der Waals surface area (Å²) in [7, 11) is 1.57. The van der Waals surface area contributed by atoms with Gasteiger partial charge in [-0.25, -0.2) is 4.39 Å². The fourth-order valence-electron chi connectivity index (χ4n) is 6.11. The second-order valence-corrected chi connectivity index (χ2v) is 14.3. The van der Waals surface area contributed by atoms with Crippen LogP contribution >= 0.6 is 11.6 Å². The van der Waals surface area contributed by atoms with Gasteiger partial charge in [-0.3, -0.25) is 9.59 Å². The standard InChI is InChI=1S/C41H47ClFN3O5/c1-41(2,3)27-46-34-19-18-30(42)24-32(34)38(51-36(40(46)48)25-37(47)45-26-29-14-8-9-16-33(29)43)31-15-10-17-35(39(31)49-4)50-23-11-21-44-22-20-28-12-6-5-7-13-28/h5-10,12-19,24,36,38,44H,11,20-23,25-27H2,1-4H3,(H,45,47)/t36-,38-/m0/s1. The maximum atomic E-state index is 14.3. The summed E-state index contributed by atoms with van der Waals surface area (Å²) in [4.78, 5) is 29.3. The van der Waals surface area contributed by atoms with Crippen LogP contribution in [0.4, 0.5) is 10.1 Å². The number of ether oxygens (including phenoxy) is 3. The molecule has 1 heterocycles. The first-order valence-corrected chi connectivity index (χ1v) is 17.7. The summed E-state index contributed by atoms with van der Waals surface area (Å²) < 4.78 is 33.1. The van der Waals surface area contributed by atoms with Gasteiger partial charge in [0.1, 0.15) is 18.0 Å². The monoisotopic (exact) mass is 715 g/mol. The Morgan fingerprint density at radius 1 is 0.961 bits per heavy atom. The lowest BCUT2D eigenvalue weighted by atomic mass is 9.94. The van der Waals surface area contributed by atoms with E-state index in [1.54, 1.807) is 42.3 Å². The van der Waals surface area contributed by atoms with Crippen molar-refractivity contribution < 1.29 is 28.2 Å². The third-order valence-electron chi connectivity index (χ3n) is 8.53. The highest BCUT2D eigenvalue weighted by Crippen LogP contribution is 2.45. The van der Waals surface area contributed by atoms with E-state index in [1.807, 2.05) is 63.2 Å². The van der Waals surface area contributed by atoms with E-state index in [4.69, 9.17) is 25.8 Å². The van der Waals surface area contributed by atoms with Gasteiger partial charge in [0.25, 0.3) is 5.91 Å². The lowest BCUT2D eigenvalue weighted by molar-refractivity contribution is -0.138. The van der Waals surface area contributed by atoms with Crippen molar-refractivity contribution in [1.29, 1.82) is 0 Å². The van der Waals surface area contributed by atoms with Crippen molar-refractivity contribution in [1.82, 2.24) is 10.6 Å². The summed E-state index contributed by atoms with van der Waals surface area (Å²) in [6.45, 7) is 8.58. The summed E-state index contributed by atoms with van der Waals surface area (Å²) in [5.41, 5.74) is 3.27. The van der Waals surface area contributed by atoms with Crippen LogP contribution in [0.2, 0.25) is 5.02 Å². The first-order chi connectivity index (χ1) is 24.5. The average Bonchev–Trinajstić information content (AvgIpc) is 3.21.